The van der Waals surface area contributed by atoms with Gasteiger partial charge in [0.05, 0.1) is 5.52 Å². The molecule has 1 aromatic heterocycles. The van der Waals surface area contributed by atoms with Gasteiger partial charge < -0.3 is 11.1 Å². The molecule has 0 unspecified atom stereocenters. The lowest BCUT2D eigenvalue weighted by Gasteiger charge is -2.19. The first kappa shape index (κ1) is 23.7. The molecule has 0 amide bonds. The lowest BCUT2D eigenvalue weighted by Crippen LogP contribution is -2.42. The number of pyridine rings is 1. The number of nitrogens with zero attached hydrogens (tertiary/aromatic N) is 1. The van der Waals surface area contributed by atoms with Gasteiger partial charge in [0.25, 0.3) is 0 Å². The zero-order chi connectivity index (χ0) is 24.9. The molecule has 7 N–H and O–H groups in total. The quantitative estimate of drug-likeness (QED) is 0.331. The minimum atomic E-state index is -0.336. The number of nitrogens with one attached hydrogen (secondary N) is 1. The second kappa shape index (κ2) is 10.3. The first-order valence-electron chi connectivity index (χ1n) is 10.9. The maximum atomic E-state index is 14.1. The van der Waals surface area contributed by atoms with Crippen molar-refractivity contribution in [2.24, 2.45) is 5.73 Å². The number of allylic oxidation sites excluding steroid dienone is 2. The van der Waals surface area contributed by atoms with Gasteiger partial charge in [0.15, 0.2) is 0 Å². The summed E-state index contributed by atoms with van der Waals surface area (Å²) in [6.07, 6.45) is 2.28. The van der Waals surface area contributed by atoms with Crippen molar-refractivity contribution < 1.29 is 25.1 Å². The predicted molar refractivity (Wildman–Crippen MR) is 130 cm³/mol. The van der Waals surface area contributed by atoms with Crippen molar-refractivity contribution in [1.82, 2.24) is 10.3 Å². The summed E-state index contributed by atoms with van der Waals surface area (Å²) in [5.74, 6) is 1.35. The highest BCUT2D eigenvalue weighted by atomic mass is 19.1. The first-order chi connectivity index (χ1) is 17.0. The Bertz CT molecular complexity index is 1450. The van der Waals surface area contributed by atoms with Gasteiger partial charge in [-0.15, -0.1) is 0 Å². The topological polar surface area (TPSA) is 133 Å². The molecule has 1 aliphatic carbocycles. The number of carbonyl (C=O) groups excluding carboxylic acids is 2. The Morgan fingerprint density at radius 3 is 2.26 bits per heavy atom. The van der Waals surface area contributed by atoms with Crippen molar-refractivity contribution in [3.8, 4) is 11.1 Å². The van der Waals surface area contributed by atoms with Gasteiger partial charge >= 0.3 is 0 Å². The molecule has 0 aliphatic heterocycles. The molecule has 0 fully saturated rings. The van der Waals surface area contributed by atoms with Crippen LogP contribution in [0.25, 0.3) is 22.0 Å². The Labute approximate surface area is 200 Å². The Morgan fingerprint density at radius 2 is 1.54 bits per heavy atom. The maximum Gasteiger partial charge on any atom is 0.211 e. The summed E-state index contributed by atoms with van der Waals surface area (Å²) in [6.45, 7) is 0.442. The van der Waals surface area contributed by atoms with Crippen LogP contribution in [0.2, 0.25) is 0 Å². The summed E-state index contributed by atoms with van der Waals surface area (Å²) in [4.78, 5) is 29.6. The number of hydrogen-bond donors (Lipinski definition) is 4. The number of ketones is 2. The highest BCUT2D eigenvalue weighted by Crippen LogP contribution is 2.29. The molecule has 0 saturated carbocycles. The lowest BCUT2D eigenvalue weighted by atomic mass is 9.90. The van der Waals surface area contributed by atoms with Crippen molar-refractivity contribution in [2.45, 2.75) is 6.42 Å². The van der Waals surface area contributed by atoms with E-state index < -0.39 is 0 Å². The van der Waals surface area contributed by atoms with E-state index in [1.807, 2.05) is 24.3 Å². The zero-order valence-electron chi connectivity index (χ0n) is 18.8. The van der Waals surface area contributed by atoms with Gasteiger partial charge in [0, 0.05) is 34.8 Å². The van der Waals surface area contributed by atoms with E-state index in [1.54, 1.807) is 48.7 Å². The number of fused-ring (bicyclic) bond motifs is 2. The standard InChI is InChI=1S/C27H20FN3O2.H4NO/c28-22-12-11-18(24-21(22)6-3-14-30-24)17-9-7-16(8-10-17)13-15-31-25-23(29)26(32)19-4-1-2-5-20(19)27(25)33;1-2/h1-12,14,31H,13,15,29H2;2H,1H3/q;+1. The Kier molecular flexibility index (Phi) is 6.96. The van der Waals surface area contributed by atoms with Crippen LogP contribution in [0.5, 0.6) is 0 Å². The van der Waals surface area contributed by atoms with Gasteiger partial charge in [0.1, 0.15) is 17.2 Å². The van der Waals surface area contributed by atoms with Crippen LogP contribution >= 0.6 is 0 Å². The van der Waals surface area contributed by atoms with E-state index in [4.69, 9.17) is 10.9 Å². The normalized spacial score (nSPS) is 12.8. The minimum absolute atomic E-state index is 0.0512. The molecule has 7 nitrogen and oxygen atoms in total. The van der Waals surface area contributed by atoms with Crippen molar-refractivity contribution in [3.63, 3.8) is 0 Å². The van der Waals surface area contributed by atoms with Crippen molar-refractivity contribution >= 4 is 22.5 Å². The number of quaternary nitrogens is 1. The number of rotatable bonds is 5. The molecule has 5 rings (SSSR count). The molecule has 176 valence electrons. The molecule has 4 aromatic rings. The van der Waals surface area contributed by atoms with Crippen LogP contribution in [0.3, 0.4) is 0 Å². The van der Waals surface area contributed by atoms with Gasteiger partial charge in [-0.25, -0.2) is 15.5 Å². The van der Waals surface area contributed by atoms with Crippen LogP contribution in [-0.4, -0.2) is 28.3 Å². The average Bonchev–Trinajstić information content (AvgIpc) is 2.91. The summed E-state index contributed by atoms with van der Waals surface area (Å²) in [5.41, 5.74) is 10.2. The molecule has 0 spiro atoms. The molecule has 3 aromatic carbocycles. The van der Waals surface area contributed by atoms with Crippen LogP contribution in [0.4, 0.5) is 4.39 Å². The summed E-state index contributed by atoms with van der Waals surface area (Å²) < 4.78 is 14.1. The third-order valence-corrected chi connectivity index (χ3v) is 5.85. The Morgan fingerprint density at radius 1 is 0.857 bits per heavy atom. The average molecular weight is 472 g/mol. The monoisotopic (exact) mass is 471 g/mol. The molecule has 0 radical (unpaired) electrons. The van der Waals surface area contributed by atoms with E-state index in [-0.39, 0.29) is 28.8 Å². The maximum absolute atomic E-state index is 14.1. The van der Waals surface area contributed by atoms with Crippen molar-refractivity contribution in [2.75, 3.05) is 6.54 Å². The highest BCUT2D eigenvalue weighted by molar-refractivity contribution is 6.26. The second-order valence-electron chi connectivity index (χ2n) is 7.86. The Balaban J connectivity index is 0.00000141. The third-order valence-electron chi connectivity index (χ3n) is 5.85. The largest absolute Gasteiger partial charge is 0.394 e. The molecule has 1 aliphatic rings. The van der Waals surface area contributed by atoms with Crippen LogP contribution in [0.15, 0.2) is 90.4 Å². The van der Waals surface area contributed by atoms with E-state index in [1.165, 1.54) is 6.07 Å². The van der Waals surface area contributed by atoms with Gasteiger partial charge in [-0.1, -0.05) is 48.5 Å². The van der Waals surface area contributed by atoms with E-state index in [9.17, 15) is 14.0 Å². The zero-order valence-corrected chi connectivity index (χ0v) is 18.8. The van der Waals surface area contributed by atoms with E-state index >= 15 is 0 Å². The number of benzene rings is 3. The minimum Gasteiger partial charge on any atom is -0.394 e. The summed E-state index contributed by atoms with van der Waals surface area (Å²) in [6, 6.07) is 21.2. The Hall–Kier alpha value is -4.40. The molecule has 0 atom stereocenters. The number of hydrogen-bond acceptors (Lipinski definition) is 6. The smallest absolute Gasteiger partial charge is 0.211 e. The van der Waals surface area contributed by atoms with E-state index in [0.717, 1.165) is 16.7 Å². The molecule has 35 heavy (non-hydrogen) atoms. The number of nitrogens with two attached hydrogens (primary N) is 1. The van der Waals surface area contributed by atoms with Crippen LogP contribution in [0, 0.1) is 5.82 Å². The van der Waals surface area contributed by atoms with Gasteiger partial charge in [-0.05, 0) is 41.8 Å². The van der Waals surface area contributed by atoms with Gasteiger partial charge in [0.2, 0.25) is 11.6 Å². The third kappa shape index (κ3) is 4.52. The number of halogens is 1. The lowest BCUT2D eigenvalue weighted by molar-refractivity contribution is -0.670. The molecule has 1 heterocycles. The number of Topliss-reactive ketones (excluding diaryl/α,β-unsaturated/α-hetero) is 2. The van der Waals surface area contributed by atoms with Gasteiger partial charge in [-0.2, -0.15) is 0 Å². The number of carbonyl (C=O) groups is 2. The first-order valence-corrected chi connectivity index (χ1v) is 10.9. The summed E-state index contributed by atoms with van der Waals surface area (Å²) >= 11 is 0. The van der Waals surface area contributed by atoms with Crippen molar-refractivity contribution in [1.29, 1.82) is 0 Å². The second-order valence-corrected chi connectivity index (χ2v) is 7.86. The molecular formula is C27H24FN4O3+. The van der Waals surface area contributed by atoms with Crippen LogP contribution in [0.1, 0.15) is 26.3 Å². The van der Waals surface area contributed by atoms with E-state index in [0.29, 0.717) is 35.0 Å². The van der Waals surface area contributed by atoms with Crippen LogP contribution < -0.4 is 16.9 Å². The molecule has 8 heteroatoms. The predicted octanol–water partition coefficient (Wildman–Crippen LogP) is 3.04. The van der Waals surface area contributed by atoms with E-state index in [2.05, 4.69) is 16.2 Å². The van der Waals surface area contributed by atoms with Gasteiger partial charge in [-0.3, -0.25) is 14.6 Å². The summed E-state index contributed by atoms with van der Waals surface area (Å²) in [7, 11) is 0. The fourth-order valence-electron chi connectivity index (χ4n) is 4.12. The van der Waals surface area contributed by atoms with Crippen molar-refractivity contribution in [3.05, 3.63) is 113 Å². The SMILES string of the molecule is NC1=C(NCCc2ccc(-c3ccc(F)c4cccnc34)cc2)C(=O)c2ccccc2C1=O.[NH3+]O. The molecule has 0 saturated heterocycles. The highest BCUT2D eigenvalue weighted by Gasteiger charge is 2.30. The molecular weight excluding hydrogens is 447 g/mol. The summed E-state index contributed by atoms with van der Waals surface area (Å²) in [5, 5.41) is 10.3. The fourth-order valence-corrected chi connectivity index (χ4v) is 4.12. The van der Waals surface area contributed by atoms with Crippen LogP contribution in [-0.2, 0) is 6.42 Å². The molecule has 0 bridgehead atoms. The fraction of sp³-hybridized carbons (Fsp3) is 0.0741. The number of aromatic nitrogens is 1.